The van der Waals surface area contributed by atoms with Gasteiger partial charge in [-0.15, -0.1) is 0 Å². The summed E-state index contributed by atoms with van der Waals surface area (Å²) in [5.74, 6) is 0. The Balaban J connectivity index is 2.45. The molecule has 100 valence electrons. The Morgan fingerprint density at radius 3 is 3.00 bits per heavy atom. The number of nitrogens with zero attached hydrogens (tertiary/aromatic N) is 2. The SMILES string of the molecule is CSc1nc(=O)ccn1[C@@]1(O)COC(CO)[C@H]1O. The summed E-state index contributed by atoms with van der Waals surface area (Å²) in [4.78, 5) is 14.9. The number of hydrogen-bond acceptors (Lipinski definition) is 7. The predicted molar refractivity (Wildman–Crippen MR) is 63.3 cm³/mol. The first-order valence-corrected chi connectivity index (χ1v) is 6.52. The van der Waals surface area contributed by atoms with Crippen molar-refractivity contribution in [3.05, 3.63) is 22.6 Å². The molecule has 7 nitrogen and oxygen atoms in total. The third-order valence-corrected chi connectivity index (χ3v) is 3.55. The number of ether oxygens (including phenoxy) is 1. The van der Waals surface area contributed by atoms with Gasteiger partial charge in [0.1, 0.15) is 12.2 Å². The zero-order valence-electron chi connectivity index (χ0n) is 9.68. The lowest BCUT2D eigenvalue weighted by molar-refractivity contribution is -0.119. The van der Waals surface area contributed by atoms with Crippen molar-refractivity contribution < 1.29 is 20.1 Å². The summed E-state index contributed by atoms with van der Waals surface area (Å²) in [6.45, 7) is -0.580. The molecule has 3 atom stereocenters. The number of aliphatic hydroxyl groups is 3. The van der Waals surface area contributed by atoms with Gasteiger partial charge in [-0.2, -0.15) is 4.98 Å². The van der Waals surface area contributed by atoms with Gasteiger partial charge < -0.3 is 20.1 Å². The second-order valence-electron chi connectivity index (χ2n) is 3.98. The number of thioether (sulfide) groups is 1. The molecule has 1 aliphatic heterocycles. The Morgan fingerprint density at radius 2 is 2.44 bits per heavy atom. The van der Waals surface area contributed by atoms with Gasteiger partial charge in [0.15, 0.2) is 10.9 Å². The van der Waals surface area contributed by atoms with Gasteiger partial charge in [-0.1, -0.05) is 11.8 Å². The highest BCUT2D eigenvalue weighted by molar-refractivity contribution is 7.98. The molecule has 0 amide bonds. The molecule has 1 aliphatic rings. The average molecular weight is 274 g/mol. The fraction of sp³-hybridized carbons (Fsp3) is 0.600. The minimum Gasteiger partial charge on any atom is -0.394 e. The van der Waals surface area contributed by atoms with E-state index in [2.05, 4.69) is 4.98 Å². The highest BCUT2D eigenvalue weighted by Crippen LogP contribution is 2.31. The predicted octanol–water partition coefficient (Wildman–Crippen LogP) is -1.64. The summed E-state index contributed by atoms with van der Waals surface area (Å²) >= 11 is 1.17. The zero-order chi connectivity index (χ0) is 13.3. The van der Waals surface area contributed by atoms with Crippen molar-refractivity contribution >= 4 is 11.8 Å². The van der Waals surface area contributed by atoms with Crippen molar-refractivity contribution in [1.82, 2.24) is 9.55 Å². The summed E-state index contributed by atoms with van der Waals surface area (Å²) in [5.41, 5.74) is -2.15. The topological polar surface area (TPSA) is 105 Å². The standard InChI is InChI=1S/C10H14N2O5S/c1-18-9-11-7(14)2-3-12(9)10(16)5-17-6(4-13)8(10)15/h2-3,6,8,13,15-16H,4-5H2,1H3/t6?,8-,10-/m1/s1. The Labute approximate surface area is 107 Å². The van der Waals surface area contributed by atoms with Crippen LogP contribution in [0.15, 0.2) is 22.2 Å². The summed E-state index contributed by atoms with van der Waals surface area (Å²) in [5, 5.41) is 29.7. The van der Waals surface area contributed by atoms with Crippen molar-refractivity contribution in [2.24, 2.45) is 0 Å². The van der Waals surface area contributed by atoms with E-state index >= 15 is 0 Å². The lowest BCUT2D eigenvalue weighted by Crippen LogP contribution is -2.48. The van der Waals surface area contributed by atoms with E-state index in [0.717, 1.165) is 0 Å². The van der Waals surface area contributed by atoms with E-state index in [1.54, 1.807) is 6.26 Å². The molecule has 2 rings (SSSR count). The van der Waals surface area contributed by atoms with Gasteiger partial charge in [0.05, 0.1) is 13.2 Å². The molecule has 18 heavy (non-hydrogen) atoms. The lowest BCUT2D eigenvalue weighted by Gasteiger charge is -2.30. The van der Waals surface area contributed by atoms with Gasteiger partial charge in [0.25, 0.3) is 5.56 Å². The third-order valence-electron chi connectivity index (χ3n) is 2.89. The van der Waals surface area contributed by atoms with E-state index in [0.29, 0.717) is 0 Å². The Kier molecular flexibility index (Phi) is 3.74. The Morgan fingerprint density at radius 1 is 1.72 bits per heavy atom. The first-order chi connectivity index (χ1) is 8.52. The van der Waals surface area contributed by atoms with Crippen LogP contribution in [0.5, 0.6) is 0 Å². The molecule has 3 N–H and O–H groups in total. The molecule has 2 heterocycles. The van der Waals surface area contributed by atoms with Crippen LogP contribution < -0.4 is 5.56 Å². The van der Waals surface area contributed by atoms with Crippen LogP contribution in [0.2, 0.25) is 0 Å². The number of aromatic nitrogens is 2. The number of hydrogen-bond donors (Lipinski definition) is 3. The first-order valence-electron chi connectivity index (χ1n) is 5.30. The first kappa shape index (κ1) is 13.5. The van der Waals surface area contributed by atoms with E-state index in [4.69, 9.17) is 9.84 Å². The fourth-order valence-corrected chi connectivity index (χ4v) is 2.49. The van der Waals surface area contributed by atoms with E-state index in [1.807, 2.05) is 0 Å². The van der Waals surface area contributed by atoms with Crippen LogP contribution in [0.1, 0.15) is 0 Å². The van der Waals surface area contributed by atoms with Crippen molar-refractivity contribution in [3.8, 4) is 0 Å². The van der Waals surface area contributed by atoms with Crippen LogP contribution in [0, 0.1) is 0 Å². The highest BCUT2D eigenvalue weighted by Gasteiger charge is 2.49. The summed E-state index contributed by atoms with van der Waals surface area (Å²) < 4.78 is 6.42. The maximum absolute atomic E-state index is 11.2. The highest BCUT2D eigenvalue weighted by atomic mass is 32.2. The molecule has 1 saturated heterocycles. The van der Waals surface area contributed by atoms with Gasteiger partial charge >= 0.3 is 0 Å². The summed E-state index contributed by atoms with van der Waals surface area (Å²) in [6, 6.07) is 1.19. The van der Waals surface area contributed by atoms with Crippen LogP contribution in [0.25, 0.3) is 0 Å². The van der Waals surface area contributed by atoms with Crippen molar-refractivity contribution in [1.29, 1.82) is 0 Å². The molecule has 1 aromatic rings. The Bertz CT molecular complexity index is 493. The van der Waals surface area contributed by atoms with Crippen LogP contribution in [-0.2, 0) is 10.5 Å². The molecule has 1 aromatic heterocycles. The van der Waals surface area contributed by atoms with E-state index in [1.165, 1.54) is 28.6 Å². The molecule has 0 radical (unpaired) electrons. The van der Waals surface area contributed by atoms with Crippen molar-refractivity contribution in [2.75, 3.05) is 19.5 Å². The maximum Gasteiger partial charge on any atom is 0.273 e. The van der Waals surface area contributed by atoms with Crippen LogP contribution in [0.4, 0.5) is 0 Å². The van der Waals surface area contributed by atoms with Crippen LogP contribution >= 0.6 is 11.8 Å². The van der Waals surface area contributed by atoms with Gasteiger partial charge in [-0.3, -0.25) is 9.36 Å². The molecule has 0 spiro atoms. The molecular weight excluding hydrogens is 260 g/mol. The van der Waals surface area contributed by atoms with E-state index < -0.39 is 30.1 Å². The van der Waals surface area contributed by atoms with Gasteiger partial charge in [0, 0.05) is 12.3 Å². The normalized spacial score (nSPS) is 31.8. The van der Waals surface area contributed by atoms with Gasteiger partial charge in [0.2, 0.25) is 0 Å². The monoisotopic (exact) mass is 274 g/mol. The molecule has 1 unspecified atom stereocenters. The average Bonchev–Trinajstić information content (AvgIpc) is 2.66. The quantitative estimate of drug-likeness (QED) is 0.448. The van der Waals surface area contributed by atoms with E-state index in [-0.39, 0.29) is 11.8 Å². The largest absolute Gasteiger partial charge is 0.394 e. The maximum atomic E-state index is 11.2. The summed E-state index contributed by atoms with van der Waals surface area (Å²) in [7, 11) is 0. The van der Waals surface area contributed by atoms with Crippen LogP contribution in [-0.4, -0.2) is 56.5 Å². The molecule has 0 saturated carbocycles. The minimum atomic E-state index is -1.73. The minimum absolute atomic E-state index is 0.183. The molecular formula is C10H14N2O5S. The second kappa shape index (κ2) is 4.98. The Hall–Kier alpha value is -0.930. The molecule has 8 heteroatoms. The molecule has 1 fully saturated rings. The van der Waals surface area contributed by atoms with E-state index in [9.17, 15) is 15.0 Å². The molecule has 0 aliphatic carbocycles. The smallest absolute Gasteiger partial charge is 0.273 e. The third kappa shape index (κ3) is 2.06. The van der Waals surface area contributed by atoms with Crippen LogP contribution in [0.3, 0.4) is 0 Å². The van der Waals surface area contributed by atoms with Crippen molar-refractivity contribution in [3.63, 3.8) is 0 Å². The van der Waals surface area contributed by atoms with Gasteiger partial charge in [-0.05, 0) is 6.26 Å². The lowest BCUT2D eigenvalue weighted by atomic mass is 10.1. The molecule has 0 bridgehead atoms. The van der Waals surface area contributed by atoms with Gasteiger partial charge in [-0.25, -0.2) is 0 Å². The fourth-order valence-electron chi connectivity index (χ4n) is 1.89. The second-order valence-corrected chi connectivity index (χ2v) is 4.75. The zero-order valence-corrected chi connectivity index (χ0v) is 10.5. The number of rotatable bonds is 3. The molecule has 0 aromatic carbocycles. The number of aliphatic hydroxyl groups excluding tert-OH is 2. The summed E-state index contributed by atoms with van der Waals surface area (Å²) in [6.07, 6.45) is 0.905. The van der Waals surface area contributed by atoms with Crippen molar-refractivity contribution in [2.45, 2.75) is 23.1 Å².